The maximum Gasteiger partial charge on any atom is 0.191 e. The molecule has 0 bridgehead atoms. The van der Waals surface area contributed by atoms with Crippen LogP contribution in [-0.2, 0) is 6.54 Å². The second kappa shape index (κ2) is 7.47. The van der Waals surface area contributed by atoms with E-state index in [0.717, 1.165) is 33.9 Å². The van der Waals surface area contributed by atoms with Crippen molar-refractivity contribution in [1.82, 2.24) is 14.8 Å². The summed E-state index contributed by atoms with van der Waals surface area (Å²) < 4.78 is 7.86. The molecule has 0 radical (unpaired) electrons. The second-order valence-corrected chi connectivity index (χ2v) is 6.55. The Hall–Kier alpha value is -1.79. The van der Waals surface area contributed by atoms with Crippen molar-refractivity contribution in [2.45, 2.75) is 18.6 Å². The van der Waals surface area contributed by atoms with Crippen molar-refractivity contribution in [1.29, 1.82) is 0 Å². The Balaban J connectivity index is 1.59. The van der Waals surface area contributed by atoms with Crippen LogP contribution in [0.3, 0.4) is 0 Å². The highest BCUT2D eigenvalue weighted by Crippen LogP contribution is 2.27. The topological polar surface area (TPSA) is 39.9 Å². The van der Waals surface area contributed by atoms with Gasteiger partial charge in [-0.05, 0) is 30.5 Å². The van der Waals surface area contributed by atoms with Crippen molar-refractivity contribution in [3.8, 4) is 16.5 Å². The van der Waals surface area contributed by atoms with Gasteiger partial charge in [-0.1, -0.05) is 36.0 Å². The van der Waals surface area contributed by atoms with E-state index in [2.05, 4.69) is 33.1 Å². The summed E-state index contributed by atoms with van der Waals surface area (Å²) in [5.41, 5.74) is 0. The Kier molecular flexibility index (Phi) is 5.13. The van der Waals surface area contributed by atoms with E-state index >= 15 is 0 Å². The Morgan fingerprint density at radius 2 is 2.00 bits per heavy atom. The van der Waals surface area contributed by atoms with Crippen LogP contribution in [0.25, 0.3) is 10.7 Å². The van der Waals surface area contributed by atoms with Crippen molar-refractivity contribution < 1.29 is 4.74 Å². The molecule has 2 aromatic heterocycles. The summed E-state index contributed by atoms with van der Waals surface area (Å²) in [7, 11) is 0. The Labute approximate surface area is 138 Å². The van der Waals surface area contributed by atoms with Crippen LogP contribution in [0.2, 0.25) is 0 Å². The van der Waals surface area contributed by atoms with Crippen molar-refractivity contribution in [2.75, 3.05) is 12.4 Å². The number of aromatic nitrogens is 3. The highest BCUT2D eigenvalue weighted by molar-refractivity contribution is 7.99. The molecule has 0 atom stereocenters. The number of nitrogens with zero attached hydrogens (tertiary/aromatic N) is 3. The standard InChI is InChI=1S/C16H17N3OS2/c1-2-19-15(14-9-6-11-21-14)17-18-16(19)22-12-10-20-13-7-4-3-5-8-13/h3-9,11H,2,10,12H2,1H3. The molecule has 0 aliphatic rings. The van der Waals surface area contributed by atoms with Gasteiger partial charge >= 0.3 is 0 Å². The molecule has 4 nitrogen and oxygen atoms in total. The number of benzene rings is 1. The number of thioether (sulfide) groups is 1. The summed E-state index contributed by atoms with van der Waals surface area (Å²) in [5, 5.41) is 11.6. The third-order valence-corrected chi connectivity index (χ3v) is 4.90. The molecule has 0 saturated heterocycles. The van der Waals surface area contributed by atoms with Gasteiger partial charge in [-0.2, -0.15) is 0 Å². The number of thiophene rings is 1. The predicted molar refractivity (Wildman–Crippen MR) is 91.7 cm³/mol. The molecular weight excluding hydrogens is 314 g/mol. The largest absolute Gasteiger partial charge is 0.493 e. The van der Waals surface area contributed by atoms with E-state index in [1.165, 1.54) is 0 Å². The smallest absolute Gasteiger partial charge is 0.191 e. The molecule has 0 amide bonds. The van der Waals surface area contributed by atoms with E-state index in [-0.39, 0.29) is 0 Å². The molecule has 1 aromatic carbocycles. The van der Waals surface area contributed by atoms with Gasteiger partial charge in [-0.25, -0.2) is 0 Å². The SMILES string of the molecule is CCn1c(SCCOc2ccccc2)nnc1-c1cccs1. The van der Waals surface area contributed by atoms with E-state index < -0.39 is 0 Å². The summed E-state index contributed by atoms with van der Waals surface area (Å²) in [6.07, 6.45) is 0. The van der Waals surface area contributed by atoms with Crippen LogP contribution in [-0.4, -0.2) is 27.1 Å². The lowest BCUT2D eigenvalue weighted by Gasteiger charge is -2.07. The average molecular weight is 331 g/mol. The normalized spacial score (nSPS) is 10.8. The zero-order valence-corrected chi connectivity index (χ0v) is 13.9. The van der Waals surface area contributed by atoms with Gasteiger partial charge < -0.3 is 9.30 Å². The van der Waals surface area contributed by atoms with Gasteiger partial charge in [-0.3, -0.25) is 0 Å². The Bertz CT molecular complexity index is 696. The van der Waals surface area contributed by atoms with Gasteiger partial charge in [0.25, 0.3) is 0 Å². The third-order valence-electron chi connectivity index (χ3n) is 3.10. The van der Waals surface area contributed by atoms with Crippen LogP contribution in [0, 0.1) is 0 Å². The van der Waals surface area contributed by atoms with E-state index in [4.69, 9.17) is 4.74 Å². The van der Waals surface area contributed by atoms with Crippen LogP contribution in [0.15, 0.2) is 53.0 Å². The maximum absolute atomic E-state index is 5.70. The van der Waals surface area contributed by atoms with E-state index in [1.807, 2.05) is 36.4 Å². The fourth-order valence-electron chi connectivity index (χ4n) is 2.08. The van der Waals surface area contributed by atoms with Gasteiger partial charge in [0.2, 0.25) is 0 Å². The maximum atomic E-state index is 5.70. The lowest BCUT2D eigenvalue weighted by molar-refractivity contribution is 0.344. The summed E-state index contributed by atoms with van der Waals surface area (Å²) in [6, 6.07) is 14.0. The molecule has 3 aromatic rings. The fourth-order valence-corrected chi connectivity index (χ4v) is 3.61. The summed E-state index contributed by atoms with van der Waals surface area (Å²) in [4.78, 5) is 1.15. The minimum absolute atomic E-state index is 0.652. The van der Waals surface area contributed by atoms with Crippen LogP contribution in [0.5, 0.6) is 5.75 Å². The summed E-state index contributed by atoms with van der Waals surface area (Å²) in [6.45, 7) is 3.63. The van der Waals surface area contributed by atoms with Crippen molar-refractivity contribution in [3.63, 3.8) is 0 Å². The molecule has 0 N–H and O–H groups in total. The van der Waals surface area contributed by atoms with E-state index in [9.17, 15) is 0 Å². The summed E-state index contributed by atoms with van der Waals surface area (Å²) >= 11 is 3.37. The van der Waals surface area contributed by atoms with Crippen molar-refractivity contribution in [2.24, 2.45) is 0 Å². The third kappa shape index (κ3) is 3.51. The highest BCUT2D eigenvalue weighted by Gasteiger charge is 2.13. The molecule has 0 fully saturated rings. The second-order valence-electron chi connectivity index (χ2n) is 4.54. The lowest BCUT2D eigenvalue weighted by atomic mass is 10.3. The summed E-state index contributed by atoms with van der Waals surface area (Å²) in [5.74, 6) is 2.69. The van der Waals surface area contributed by atoms with Gasteiger partial charge in [0.15, 0.2) is 11.0 Å². The minimum Gasteiger partial charge on any atom is -0.493 e. The molecule has 0 spiro atoms. The van der Waals surface area contributed by atoms with Crippen LogP contribution < -0.4 is 4.74 Å². The highest BCUT2D eigenvalue weighted by atomic mass is 32.2. The molecule has 0 saturated carbocycles. The van der Waals surface area contributed by atoms with Crippen LogP contribution >= 0.6 is 23.1 Å². The van der Waals surface area contributed by atoms with Crippen LogP contribution in [0.4, 0.5) is 0 Å². The van der Waals surface area contributed by atoms with Gasteiger partial charge in [0, 0.05) is 12.3 Å². The van der Waals surface area contributed by atoms with E-state index in [1.54, 1.807) is 23.1 Å². The molecule has 22 heavy (non-hydrogen) atoms. The first-order chi connectivity index (χ1) is 10.9. The number of hydrogen-bond donors (Lipinski definition) is 0. The molecular formula is C16H17N3OS2. The number of hydrogen-bond acceptors (Lipinski definition) is 5. The van der Waals surface area contributed by atoms with Gasteiger partial charge in [-0.15, -0.1) is 21.5 Å². The zero-order valence-electron chi connectivity index (χ0n) is 12.3. The first-order valence-electron chi connectivity index (χ1n) is 7.16. The van der Waals surface area contributed by atoms with Gasteiger partial charge in [0.05, 0.1) is 11.5 Å². The number of ether oxygens (including phenoxy) is 1. The molecule has 3 rings (SSSR count). The first kappa shape index (κ1) is 15.1. The Morgan fingerprint density at radius 1 is 1.14 bits per heavy atom. The first-order valence-corrected chi connectivity index (χ1v) is 9.02. The fraction of sp³-hybridized carbons (Fsp3) is 0.250. The minimum atomic E-state index is 0.652. The van der Waals surface area contributed by atoms with Gasteiger partial charge in [0.1, 0.15) is 5.75 Å². The van der Waals surface area contributed by atoms with Crippen molar-refractivity contribution >= 4 is 23.1 Å². The predicted octanol–water partition coefficient (Wildman–Crippen LogP) is 4.20. The average Bonchev–Trinajstić information content (AvgIpc) is 3.21. The quantitative estimate of drug-likeness (QED) is 0.480. The molecule has 2 heterocycles. The lowest BCUT2D eigenvalue weighted by Crippen LogP contribution is -2.03. The molecule has 6 heteroatoms. The Morgan fingerprint density at radius 3 is 2.73 bits per heavy atom. The molecule has 0 unspecified atom stereocenters. The van der Waals surface area contributed by atoms with Crippen molar-refractivity contribution in [3.05, 3.63) is 47.8 Å². The van der Waals surface area contributed by atoms with Crippen LogP contribution in [0.1, 0.15) is 6.92 Å². The monoisotopic (exact) mass is 331 g/mol. The zero-order chi connectivity index (χ0) is 15.2. The molecule has 0 aliphatic carbocycles. The number of para-hydroxylation sites is 1. The van der Waals surface area contributed by atoms with E-state index in [0.29, 0.717) is 6.61 Å². The molecule has 114 valence electrons. The number of rotatable bonds is 7. The molecule has 0 aliphatic heterocycles.